The van der Waals surface area contributed by atoms with Crippen molar-refractivity contribution >= 4 is 21.7 Å². The highest BCUT2D eigenvalue weighted by molar-refractivity contribution is 9.10. The van der Waals surface area contributed by atoms with Gasteiger partial charge >= 0.3 is 0 Å². The summed E-state index contributed by atoms with van der Waals surface area (Å²) in [5.41, 5.74) is 0.247. The molecule has 0 amide bonds. The smallest absolute Gasteiger partial charge is 0.215 e. The van der Waals surface area contributed by atoms with E-state index in [1.807, 2.05) is 0 Å². The van der Waals surface area contributed by atoms with Gasteiger partial charge in [-0.1, -0.05) is 21.1 Å². The second-order valence-corrected chi connectivity index (χ2v) is 4.11. The molecule has 0 unspecified atom stereocenters. The fourth-order valence-electron chi connectivity index (χ4n) is 1.30. The van der Waals surface area contributed by atoms with E-state index in [0.29, 0.717) is 4.47 Å². The van der Waals surface area contributed by atoms with E-state index in [9.17, 15) is 9.18 Å². The van der Waals surface area contributed by atoms with E-state index in [0.717, 1.165) is 0 Å². The average Bonchev–Trinajstić information content (AvgIpc) is 2.67. The fraction of sp³-hybridized carbons (Fsp3) is 0.100. The van der Waals surface area contributed by atoms with Gasteiger partial charge in [-0.05, 0) is 18.2 Å². The van der Waals surface area contributed by atoms with E-state index in [4.69, 9.17) is 0 Å². The minimum Gasteiger partial charge on any atom is -0.287 e. The zero-order valence-electron chi connectivity index (χ0n) is 8.32. The molecule has 1 heterocycles. The number of rotatable bonds is 2. The van der Waals surface area contributed by atoms with Gasteiger partial charge in [0.1, 0.15) is 11.5 Å². The molecule has 1 aromatic heterocycles. The van der Waals surface area contributed by atoms with Crippen LogP contribution in [0, 0.1) is 5.82 Å². The normalized spacial score (nSPS) is 10.4. The molecule has 4 nitrogen and oxygen atoms in total. The number of benzene rings is 1. The Labute approximate surface area is 99.2 Å². The first kappa shape index (κ1) is 10.9. The Morgan fingerprint density at radius 1 is 1.50 bits per heavy atom. The van der Waals surface area contributed by atoms with E-state index in [2.05, 4.69) is 26.2 Å². The van der Waals surface area contributed by atoms with Gasteiger partial charge in [-0.3, -0.25) is 4.79 Å². The molecule has 0 aliphatic heterocycles. The quantitative estimate of drug-likeness (QED) is 0.792. The molecule has 0 N–H and O–H groups in total. The lowest BCUT2D eigenvalue weighted by atomic mass is 10.1. The minimum atomic E-state index is -0.561. The zero-order chi connectivity index (χ0) is 11.7. The number of ketones is 1. The van der Waals surface area contributed by atoms with E-state index in [-0.39, 0.29) is 11.3 Å². The summed E-state index contributed by atoms with van der Waals surface area (Å²) in [6.45, 7) is 0. The predicted octanol–water partition coefficient (Wildman–Crippen LogP) is 1.95. The molecule has 0 fully saturated rings. The minimum absolute atomic E-state index is 0.000208. The summed E-state index contributed by atoms with van der Waals surface area (Å²) in [4.78, 5) is 11.9. The third-order valence-corrected chi connectivity index (χ3v) is 2.61. The van der Waals surface area contributed by atoms with E-state index < -0.39 is 11.6 Å². The molecule has 0 aliphatic carbocycles. The van der Waals surface area contributed by atoms with Gasteiger partial charge in [0.05, 0.1) is 11.8 Å². The van der Waals surface area contributed by atoms with Crippen LogP contribution in [-0.4, -0.2) is 20.8 Å². The Morgan fingerprint density at radius 3 is 2.88 bits per heavy atom. The summed E-state index contributed by atoms with van der Waals surface area (Å²) in [5, 5.41) is 7.21. The molecule has 16 heavy (non-hydrogen) atoms. The van der Waals surface area contributed by atoms with Crippen molar-refractivity contribution in [1.82, 2.24) is 15.0 Å². The van der Waals surface area contributed by atoms with Crippen LogP contribution in [0.4, 0.5) is 4.39 Å². The average molecular weight is 284 g/mol. The van der Waals surface area contributed by atoms with Crippen LogP contribution >= 0.6 is 15.9 Å². The molecule has 0 spiro atoms. The molecular formula is C10H7BrFN3O. The standard InChI is InChI=1S/C10H7BrFN3O/c1-15-9(5-13-14-15)10(16)7-4-6(11)2-3-8(7)12/h2-5H,1H3. The molecule has 0 aliphatic rings. The second kappa shape index (κ2) is 4.13. The first-order valence-electron chi connectivity index (χ1n) is 4.44. The summed E-state index contributed by atoms with van der Waals surface area (Å²) in [5.74, 6) is -0.999. The molecule has 0 bridgehead atoms. The van der Waals surface area contributed by atoms with Gasteiger partial charge in [0, 0.05) is 11.5 Å². The van der Waals surface area contributed by atoms with Crippen LogP contribution in [0.15, 0.2) is 28.9 Å². The summed E-state index contributed by atoms with van der Waals surface area (Å²) < 4.78 is 15.4. The van der Waals surface area contributed by atoms with Crippen LogP contribution in [-0.2, 0) is 7.05 Å². The molecule has 6 heteroatoms. The maximum Gasteiger partial charge on any atom is 0.215 e. The molecule has 1 aromatic carbocycles. The van der Waals surface area contributed by atoms with Crippen molar-refractivity contribution in [2.24, 2.45) is 7.05 Å². The van der Waals surface area contributed by atoms with Crippen LogP contribution in [0.5, 0.6) is 0 Å². The largest absolute Gasteiger partial charge is 0.287 e. The van der Waals surface area contributed by atoms with Gasteiger partial charge in [-0.2, -0.15) is 0 Å². The molecule has 2 aromatic rings. The summed E-state index contributed by atoms with van der Waals surface area (Å²) in [7, 11) is 1.58. The van der Waals surface area contributed by atoms with E-state index in [1.54, 1.807) is 7.05 Å². The number of carbonyl (C=O) groups excluding carboxylic acids is 1. The highest BCUT2D eigenvalue weighted by Gasteiger charge is 2.17. The lowest BCUT2D eigenvalue weighted by Gasteiger charge is -2.02. The summed E-state index contributed by atoms with van der Waals surface area (Å²) in [6, 6.07) is 4.21. The van der Waals surface area contributed by atoms with Gasteiger partial charge in [0.15, 0.2) is 0 Å². The van der Waals surface area contributed by atoms with E-state index >= 15 is 0 Å². The maximum absolute atomic E-state index is 13.5. The molecule has 0 radical (unpaired) electrons. The van der Waals surface area contributed by atoms with Crippen LogP contribution < -0.4 is 0 Å². The molecule has 0 saturated heterocycles. The van der Waals surface area contributed by atoms with Gasteiger partial charge < -0.3 is 0 Å². The lowest BCUT2D eigenvalue weighted by Crippen LogP contribution is -2.10. The van der Waals surface area contributed by atoms with Crippen molar-refractivity contribution in [2.45, 2.75) is 0 Å². The topological polar surface area (TPSA) is 47.8 Å². The number of aromatic nitrogens is 3. The lowest BCUT2D eigenvalue weighted by molar-refractivity contribution is 0.102. The number of hydrogen-bond acceptors (Lipinski definition) is 3. The Hall–Kier alpha value is -1.56. The van der Waals surface area contributed by atoms with Crippen molar-refractivity contribution in [2.75, 3.05) is 0 Å². The first-order valence-corrected chi connectivity index (χ1v) is 5.23. The summed E-state index contributed by atoms with van der Waals surface area (Å²) in [6.07, 6.45) is 1.31. The van der Waals surface area contributed by atoms with Crippen molar-refractivity contribution in [3.05, 3.63) is 45.9 Å². The number of carbonyl (C=O) groups is 1. The van der Waals surface area contributed by atoms with Crippen LogP contribution in [0.3, 0.4) is 0 Å². The van der Waals surface area contributed by atoms with Gasteiger partial charge in [-0.25, -0.2) is 9.07 Å². The first-order chi connectivity index (χ1) is 7.59. The fourth-order valence-corrected chi connectivity index (χ4v) is 1.67. The van der Waals surface area contributed by atoms with Crippen LogP contribution in [0.25, 0.3) is 0 Å². The highest BCUT2D eigenvalue weighted by atomic mass is 79.9. The van der Waals surface area contributed by atoms with Gasteiger partial charge in [0.25, 0.3) is 0 Å². The third kappa shape index (κ3) is 1.88. The highest BCUT2D eigenvalue weighted by Crippen LogP contribution is 2.18. The predicted molar refractivity (Wildman–Crippen MR) is 58.5 cm³/mol. The monoisotopic (exact) mass is 283 g/mol. The molecule has 0 atom stereocenters. The molecule has 0 saturated carbocycles. The molecular weight excluding hydrogens is 277 g/mol. The van der Waals surface area contributed by atoms with Crippen LogP contribution in [0.2, 0.25) is 0 Å². The Kier molecular flexibility index (Phi) is 2.82. The number of aryl methyl sites for hydroxylation is 1. The van der Waals surface area contributed by atoms with Gasteiger partial charge in [-0.15, -0.1) is 5.10 Å². The Bertz CT molecular complexity index is 553. The summed E-state index contributed by atoms with van der Waals surface area (Å²) >= 11 is 3.19. The van der Waals surface area contributed by atoms with Crippen molar-refractivity contribution < 1.29 is 9.18 Å². The second-order valence-electron chi connectivity index (χ2n) is 3.20. The van der Waals surface area contributed by atoms with E-state index in [1.165, 1.54) is 29.1 Å². The van der Waals surface area contributed by atoms with Crippen molar-refractivity contribution in [1.29, 1.82) is 0 Å². The van der Waals surface area contributed by atoms with Crippen molar-refractivity contribution in [3.63, 3.8) is 0 Å². The number of nitrogens with zero attached hydrogens (tertiary/aromatic N) is 3. The van der Waals surface area contributed by atoms with Crippen LogP contribution in [0.1, 0.15) is 16.1 Å². The third-order valence-electron chi connectivity index (χ3n) is 2.12. The Balaban J connectivity index is 2.49. The Morgan fingerprint density at radius 2 is 2.25 bits per heavy atom. The molecule has 82 valence electrons. The van der Waals surface area contributed by atoms with Gasteiger partial charge in [0.2, 0.25) is 5.78 Å². The maximum atomic E-state index is 13.5. The number of hydrogen-bond donors (Lipinski definition) is 0. The number of halogens is 2. The van der Waals surface area contributed by atoms with Crippen molar-refractivity contribution in [3.8, 4) is 0 Å². The SMILES string of the molecule is Cn1nncc1C(=O)c1cc(Br)ccc1F. The molecule has 2 rings (SSSR count). The zero-order valence-corrected chi connectivity index (χ0v) is 9.90.